The third kappa shape index (κ3) is 3.23. The van der Waals surface area contributed by atoms with Gasteiger partial charge in [0.15, 0.2) is 5.13 Å². The number of thiazole rings is 1. The lowest BCUT2D eigenvalue weighted by molar-refractivity contribution is 0.307. The van der Waals surface area contributed by atoms with E-state index in [0.717, 1.165) is 22.3 Å². The predicted molar refractivity (Wildman–Crippen MR) is 76.5 cm³/mol. The van der Waals surface area contributed by atoms with E-state index in [2.05, 4.69) is 43.2 Å². The van der Waals surface area contributed by atoms with Crippen LogP contribution in [0, 0.1) is 13.8 Å². The first-order valence-electron chi connectivity index (χ1n) is 6.07. The highest BCUT2D eigenvalue weighted by Gasteiger charge is 2.04. The summed E-state index contributed by atoms with van der Waals surface area (Å²) in [7, 11) is 0. The maximum atomic E-state index is 5.81. The van der Waals surface area contributed by atoms with Gasteiger partial charge in [-0.25, -0.2) is 4.98 Å². The van der Waals surface area contributed by atoms with Crippen molar-refractivity contribution in [1.29, 1.82) is 0 Å². The minimum atomic E-state index is 0.576. The predicted octanol–water partition coefficient (Wildman–Crippen LogP) is 3.77. The number of hydrogen-bond acceptors (Lipinski definition) is 4. The molecule has 0 spiro atoms. The van der Waals surface area contributed by atoms with Crippen molar-refractivity contribution in [3.8, 4) is 5.75 Å². The molecule has 0 aliphatic heterocycles. The van der Waals surface area contributed by atoms with Gasteiger partial charge in [-0.3, -0.25) is 0 Å². The van der Waals surface area contributed by atoms with Gasteiger partial charge in [-0.05, 0) is 32.4 Å². The normalized spacial score (nSPS) is 10.4. The van der Waals surface area contributed by atoms with E-state index < -0.39 is 0 Å². The molecule has 4 heteroatoms. The van der Waals surface area contributed by atoms with Crippen LogP contribution in [-0.2, 0) is 6.61 Å². The highest BCUT2D eigenvalue weighted by molar-refractivity contribution is 7.15. The van der Waals surface area contributed by atoms with E-state index in [9.17, 15) is 0 Å². The molecule has 2 rings (SSSR count). The number of nitrogens with one attached hydrogen (secondary N) is 1. The number of aromatic nitrogens is 1. The minimum Gasteiger partial charge on any atom is -0.488 e. The Bertz CT molecular complexity index is 522. The second-order valence-electron chi connectivity index (χ2n) is 4.22. The molecule has 0 saturated heterocycles. The molecule has 0 unspecified atom stereocenters. The van der Waals surface area contributed by atoms with Crippen LogP contribution in [0.25, 0.3) is 0 Å². The highest BCUT2D eigenvalue weighted by atomic mass is 32.1. The first kappa shape index (κ1) is 12.9. The monoisotopic (exact) mass is 262 g/mol. The smallest absolute Gasteiger partial charge is 0.182 e. The fraction of sp³-hybridized carbons (Fsp3) is 0.357. The SMILES string of the molecule is CCNc1ncc(COc2ccc(C)cc2C)s1. The van der Waals surface area contributed by atoms with Crippen LogP contribution in [0.1, 0.15) is 22.9 Å². The van der Waals surface area contributed by atoms with Gasteiger partial charge in [0.1, 0.15) is 12.4 Å². The summed E-state index contributed by atoms with van der Waals surface area (Å²) in [6.45, 7) is 7.69. The molecule has 2 aromatic rings. The Balaban J connectivity index is 1.97. The number of aryl methyl sites for hydroxylation is 2. The molecular weight excluding hydrogens is 244 g/mol. The molecule has 1 N–H and O–H groups in total. The number of rotatable bonds is 5. The van der Waals surface area contributed by atoms with Crippen LogP contribution in [0.3, 0.4) is 0 Å². The van der Waals surface area contributed by atoms with Crippen LogP contribution in [0.4, 0.5) is 5.13 Å². The molecular formula is C14H18N2OS. The number of nitrogens with zero attached hydrogens (tertiary/aromatic N) is 1. The van der Waals surface area contributed by atoms with Crippen molar-refractivity contribution in [1.82, 2.24) is 4.98 Å². The zero-order valence-corrected chi connectivity index (χ0v) is 11.8. The summed E-state index contributed by atoms with van der Waals surface area (Å²) in [6, 6.07) is 6.22. The third-order valence-electron chi connectivity index (χ3n) is 2.58. The Labute approximate surface area is 112 Å². The van der Waals surface area contributed by atoms with Crippen molar-refractivity contribution in [2.24, 2.45) is 0 Å². The van der Waals surface area contributed by atoms with Crippen LogP contribution in [0.2, 0.25) is 0 Å². The average Bonchev–Trinajstić information content (AvgIpc) is 2.76. The van der Waals surface area contributed by atoms with E-state index >= 15 is 0 Å². The van der Waals surface area contributed by atoms with Gasteiger partial charge in [-0.1, -0.05) is 29.0 Å². The number of anilines is 1. The molecule has 0 amide bonds. The number of ether oxygens (including phenoxy) is 1. The summed E-state index contributed by atoms with van der Waals surface area (Å²) >= 11 is 1.64. The molecule has 0 fully saturated rings. The molecule has 0 bridgehead atoms. The van der Waals surface area contributed by atoms with Gasteiger partial charge >= 0.3 is 0 Å². The average molecular weight is 262 g/mol. The molecule has 0 radical (unpaired) electrons. The molecule has 0 aliphatic rings. The summed E-state index contributed by atoms with van der Waals surface area (Å²) in [6.07, 6.45) is 1.87. The van der Waals surface area contributed by atoms with E-state index in [-0.39, 0.29) is 0 Å². The zero-order chi connectivity index (χ0) is 13.0. The Kier molecular flexibility index (Phi) is 4.20. The summed E-state index contributed by atoms with van der Waals surface area (Å²) in [5.74, 6) is 0.944. The zero-order valence-electron chi connectivity index (χ0n) is 11.0. The lowest BCUT2D eigenvalue weighted by Gasteiger charge is -2.08. The summed E-state index contributed by atoms with van der Waals surface area (Å²) < 4.78 is 5.81. The Morgan fingerprint density at radius 2 is 2.17 bits per heavy atom. The van der Waals surface area contributed by atoms with Gasteiger partial charge in [0.2, 0.25) is 0 Å². The maximum Gasteiger partial charge on any atom is 0.182 e. The number of benzene rings is 1. The lowest BCUT2D eigenvalue weighted by Crippen LogP contribution is -1.95. The van der Waals surface area contributed by atoms with Crippen molar-refractivity contribution in [3.05, 3.63) is 40.4 Å². The molecule has 0 saturated carbocycles. The van der Waals surface area contributed by atoms with Crippen LogP contribution in [-0.4, -0.2) is 11.5 Å². The topological polar surface area (TPSA) is 34.2 Å². The summed E-state index contributed by atoms with van der Waals surface area (Å²) in [5.41, 5.74) is 2.43. The molecule has 1 aromatic heterocycles. The summed E-state index contributed by atoms with van der Waals surface area (Å²) in [4.78, 5) is 5.41. The largest absolute Gasteiger partial charge is 0.488 e. The van der Waals surface area contributed by atoms with Gasteiger partial charge < -0.3 is 10.1 Å². The molecule has 1 heterocycles. The fourth-order valence-electron chi connectivity index (χ4n) is 1.72. The quantitative estimate of drug-likeness (QED) is 0.890. The number of hydrogen-bond donors (Lipinski definition) is 1. The van der Waals surface area contributed by atoms with Crippen molar-refractivity contribution < 1.29 is 4.74 Å². The summed E-state index contributed by atoms with van der Waals surface area (Å²) in [5, 5.41) is 4.15. The highest BCUT2D eigenvalue weighted by Crippen LogP contribution is 2.23. The standard InChI is InChI=1S/C14H18N2OS/c1-4-15-14-16-8-12(18-14)9-17-13-6-5-10(2)7-11(13)3/h5-8H,4,9H2,1-3H3,(H,15,16). The first-order valence-corrected chi connectivity index (χ1v) is 6.89. The second-order valence-corrected chi connectivity index (χ2v) is 5.33. The lowest BCUT2D eigenvalue weighted by atomic mass is 10.1. The Hall–Kier alpha value is -1.55. The fourth-order valence-corrected chi connectivity index (χ4v) is 2.51. The Morgan fingerprint density at radius 3 is 2.89 bits per heavy atom. The van der Waals surface area contributed by atoms with Crippen LogP contribution in [0.15, 0.2) is 24.4 Å². The van der Waals surface area contributed by atoms with Crippen LogP contribution >= 0.6 is 11.3 Å². The van der Waals surface area contributed by atoms with E-state index in [1.165, 1.54) is 11.1 Å². The molecule has 1 aromatic carbocycles. The molecule has 18 heavy (non-hydrogen) atoms. The van der Waals surface area contributed by atoms with Gasteiger partial charge in [-0.2, -0.15) is 0 Å². The molecule has 0 aliphatic carbocycles. The van der Waals surface area contributed by atoms with Gasteiger partial charge in [0.25, 0.3) is 0 Å². The van der Waals surface area contributed by atoms with Crippen LogP contribution < -0.4 is 10.1 Å². The van der Waals surface area contributed by atoms with E-state index in [4.69, 9.17) is 4.74 Å². The molecule has 0 atom stereocenters. The first-order chi connectivity index (χ1) is 8.69. The minimum absolute atomic E-state index is 0.576. The Morgan fingerprint density at radius 1 is 1.33 bits per heavy atom. The second kappa shape index (κ2) is 5.87. The van der Waals surface area contributed by atoms with E-state index in [0.29, 0.717) is 6.61 Å². The maximum absolute atomic E-state index is 5.81. The van der Waals surface area contributed by atoms with Gasteiger partial charge in [0, 0.05) is 12.7 Å². The van der Waals surface area contributed by atoms with Crippen molar-refractivity contribution >= 4 is 16.5 Å². The molecule has 3 nitrogen and oxygen atoms in total. The van der Waals surface area contributed by atoms with Gasteiger partial charge in [0.05, 0.1) is 4.88 Å². The van der Waals surface area contributed by atoms with E-state index in [1.54, 1.807) is 11.3 Å². The third-order valence-corrected chi connectivity index (χ3v) is 3.51. The van der Waals surface area contributed by atoms with Gasteiger partial charge in [-0.15, -0.1) is 0 Å². The van der Waals surface area contributed by atoms with Crippen molar-refractivity contribution in [2.75, 3.05) is 11.9 Å². The van der Waals surface area contributed by atoms with Crippen molar-refractivity contribution in [2.45, 2.75) is 27.4 Å². The van der Waals surface area contributed by atoms with Crippen LogP contribution in [0.5, 0.6) is 5.75 Å². The van der Waals surface area contributed by atoms with Crippen molar-refractivity contribution in [3.63, 3.8) is 0 Å². The molecule has 96 valence electrons. The van der Waals surface area contributed by atoms with E-state index in [1.807, 2.05) is 12.3 Å².